The number of carbonyl (C=O) groups is 2. The number of rotatable bonds is 2. The second-order valence-corrected chi connectivity index (χ2v) is 11.0. The van der Waals surface area contributed by atoms with Gasteiger partial charge in [0.15, 0.2) is 11.6 Å². The zero-order valence-electron chi connectivity index (χ0n) is 20.2. The van der Waals surface area contributed by atoms with Gasteiger partial charge < -0.3 is 4.90 Å². The first-order chi connectivity index (χ1) is 16.8. The number of nitrogens with zero attached hydrogens (tertiary/aromatic N) is 1. The summed E-state index contributed by atoms with van der Waals surface area (Å²) in [5, 5.41) is 1.12. The lowest BCUT2D eigenvalue weighted by Gasteiger charge is -2.40. The molecule has 0 amide bonds. The Kier molecular flexibility index (Phi) is 4.74. The zero-order chi connectivity index (χ0) is 24.5. The van der Waals surface area contributed by atoms with Gasteiger partial charge in [-0.1, -0.05) is 67.4 Å². The number of carbonyl (C=O) groups excluding carboxylic acids is 2. The summed E-state index contributed by atoms with van der Waals surface area (Å²) in [7, 11) is 0. The summed E-state index contributed by atoms with van der Waals surface area (Å²) in [4.78, 5) is 29.5. The number of thiophene rings is 1. The molecule has 0 saturated carbocycles. The van der Waals surface area contributed by atoms with Crippen LogP contribution in [0.25, 0.3) is 6.08 Å². The monoisotopic (exact) mass is 475 g/mol. The van der Waals surface area contributed by atoms with E-state index in [1.165, 1.54) is 16.7 Å². The number of para-hydroxylation sites is 1. The number of aryl methyl sites for hydroxylation is 2. The van der Waals surface area contributed by atoms with Crippen LogP contribution in [-0.4, -0.2) is 11.6 Å². The van der Waals surface area contributed by atoms with Crippen molar-refractivity contribution in [3.05, 3.63) is 117 Å². The minimum absolute atomic E-state index is 0.182. The third kappa shape index (κ3) is 3.24. The van der Waals surface area contributed by atoms with E-state index in [-0.39, 0.29) is 22.6 Å². The van der Waals surface area contributed by atoms with Crippen LogP contribution >= 0.6 is 11.3 Å². The van der Waals surface area contributed by atoms with E-state index >= 15 is 0 Å². The molecule has 4 aromatic rings. The topological polar surface area (TPSA) is 37.4 Å². The van der Waals surface area contributed by atoms with Gasteiger partial charge in [-0.25, -0.2) is 0 Å². The van der Waals surface area contributed by atoms with Crippen LogP contribution in [-0.2, 0) is 5.41 Å². The predicted molar refractivity (Wildman–Crippen MR) is 144 cm³/mol. The molecule has 1 aliphatic carbocycles. The Balaban J connectivity index is 1.53. The highest BCUT2D eigenvalue weighted by Gasteiger charge is 2.39. The third-order valence-electron chi connectivity index (χ3n) is 7.13. The molecule has 0 atom stereocenters. The summed E-state index contributed by atoms with van der Waals surface area (Å²) >= 11 is 1.63. The molecule has 3 aromatic carbocycles. The predicted octanol–water partition coefficient (Wildman–Crippen LogP) is 7.94. The summed E-state index contributed by atoms with van der Waals surface area (Å²) in [5.74, 6) is -0.368. The Labute approximate surface area is 209 Å². The van der Waals surface area contributed by atoms with Crippen molar-refractivity contribution < 1.29 is 9.59 Å². The number of hydrogen-bond donors (Lipinski definition) is 0. The van der Waals surface area contributed by atoms with Crippen molar-refractivity contribution in [1.82, 2.24) is 0 Å². The van der Waals surface area contributed by atoms with E-state index in [2.05, 4.69) is 62.1 Å². The van der Waals surface area contributed by atoms with E-state index in [0.29, 0.717) is 11.1 Å². The fourth-order valence-corrected chi connectivity index (χ4v) is 6.52. The van der Waals surface area contributed by atoms with Gasteiger partial charge in [-0.05, 0) is 61.4 Å². The number of hydrogen-bond acceptors (Lipinski definition) is 4. The summed E-state index contributed by atoms with van der Waals surface area (Å²) in [6.45, 7) is 8.56. The largest absolute Gasteiger partial charge is 0.301 e. The number of fused-ring (bicyclic) bond motifs is 3. The average molecular weight is 476 g/mol. The maximum atomic E-state index is 13.1. The molecule has 172 valence electrons. The number of ketones is 2. The molecule has 0 radical (unpaired) electrons. The molecule has 0 saturated heterocycles. The normalized spacial score (nSPS) is 16.9. The molecule has 2 aliphatic rings. The van der Waals surface area contributed by atoms with Crippen molar-refractivity contribution in [2.75, 3.05) is 4.90 Å². The van der Waals surface area contributed by atoms with Gasteiger partial charge in [0.2, 0.25) is 0 Å². The lowest BCUT2D eigenvalue weighted by molar-refractivity contribution is 0.0990. The molecular weight excluding hydrogens is 450 g/mol. The Bertz CT molecular complexity index is 1570. The van der Waals surface area contributed by atoms with Gasteiger partial charge >= 0.3 is 0 Å². The van der Waals surface area contributed by atoms with Crippen LogP contribution in [0.15, 0.2) is 78.4 Å². The summed E-state index contributed by atoms with van der Waals surface area (Å²) < 4.78 is 0. The first-order valence-corrected chi connectivity index (χ1v) is 12.6. The molecule has 4 heteroatoms. The lowest BCUT2D eigenvalue weighted by Crippen LogP contribution is -2.29. The summed E-state index contributed by atoms with van der Waals surface area (Å²) in [6, 6.07) is 24.6. The molecule has 1 aliphatic heterocycles. The van der Waals surface area contributed by atoms with Crippen molar-refractivity contribution in [3.8, 4) is 0 Å². The third-order valence-corrected chi connectivity index (χ3v) is 8.20. The molecule has 0 bridgehead atoms. The Morgan fingerprint density at radius 2 is 1.46 bits per heavy atom. The molecule has 35 heavy (non-hydrogen) atoms. The van der Waals surface area contributed by atoms with E-state index in [9.17, 15) is 9.59 Å². The summed E-state index contributed by atoms with van der Waals surface area (Å²) in [5.41, 5.74) is 7.96. The second-order valence-electron chi connectivity index (χ2n) is 9.95. The number of Topliss-reactive ketones (excluding diaryl/α,β-unsaturated/α-hetero) is 2. The van der Waals surface area contributed by atoms with Crippen molar-refractivity contribution in [2.24, 2.45) is 0 Å². The molecule has 3 nitrogen and oxygen atoms in total. The maximum absolute atomic E-state index is 13.1. The van der Waals surface area contributed by atoms with Gasteiger partial charge in [0, 0.05) is 27.1 Å². The number of allylic oxidation sites excluding steroid dienone is 1. The van der Waals surface area contributed by atoms with Crippen LogP contribution in [0.3, 0.4) is 0 Å². The van der Waals surface area contributed by atoms with Crippen molar-refractivity contribution in [2.45, 2.75) is 33.1 Å². The van der Waals surface area contributed by atoms with Gasteiger partial charge in [0.25, 0.3) is 0 Å². The Hall–Kier alpha value is -3.76. The van der Waals surface area contributed by atoms with Crippen LogP contribution in [0, 0.1) is 13.8 Å². The standard InChI is InChI=1S/C31H25NO2S/c1-18-10-12-22-23(14-18)29(34)24(28(22)33)16-21-17-26-30(35-21)32(20-8-6-5-7-9-20)27-13-11-19(2)15-25(27)31(26,3)4/h5-17H,1-4H3/b24-16+. The first-order valence-electron chi connectivity index (χ1n) is 11.8. The molecule has 1 aromatic heterocycles. The molecule has 6 rings (SSSR count). The fraction of sp³-hybridized carbons (Fsp3) is 0.161. The molecule has 0 spiro atoms. The maximum Gasteiger partial charge on any atom is 0.197 e. The quantitative estimate of drug-likeness (QED) is 0.218. The SMILES string of the molecule is Cc1ccc2c(c1)C(=O)/C(=C/c1cc3c(s1)N(c1ccccc1)c1ccc(C)cc1C3(C)C)C2=O. The van der Waals surface area contributed by atoms with Gasteiger partial charge in [-0.2, -0.15) is 0 Å². The van der Waals surface area contributed by atoms with E-state index in [0.717, 1.165) is 26.8 Å². The molecule has 0 N–H and O–H groups in total. The first kappa shape index (κ1) is 21.8. The van der Waals surface area contributed by atoms with Crippen LogP contribution in [0.5, 0.6) is 0 Å². The van der Waals surface area contributed by atoms with Crippen LogP contribution in [0.4, 0.5) is 16.4 Å². The second kappa shape index (κ2) is 7.62. The molecule has 0 unspecified atom stereocenters. The highest BCUT2D eigenvalue weighted by atomic mass is 32.1. The van der Waals surface area contributed by atoms with Gasteiger partial charge in [0.1, 0.15) is 5.00 Å². The van der Waals surface area contributed by atoms with Gasteiger partial charge in [0.05, 0.1) is 11.3 Å². The number of benzene rings is 3. The number of anilines is 3. The van der Waals surface area contributed by atoms with Crippen LogP contribution in [0.2, 0.25) is 0 Å². The van der Waals surface area contributed by atoms with E-state index < -0.39 is 0 Å². The molecular formula is C31H25NO2S. The van der Waals surface area contributed by atoms with Crippen LogP contribution < -0.4 is 4.90 Å². The van der Waals surface area contributed by atoms with Crippen molar-refractivity contribution in [3.63, 3.8) is 0 Å². The highest BCUT2D eigenvalue weighted by molar-refractivity contribution is 7.17. The van der Waals surface area contributed by atoms with Crippen molar-refractivity contribution in [1.29, 1.82) is 0 Å². The summed E-state index contributed by atoms with van der Waals surface area (Å²) in [6.07, 6.45) is 1.79. The fourth-order valence-electron chi connectivity index (χ4n) is 5.23. The van der Waals surface area contributed by atoms with Gasteiger partial charge in [-0.3, -0.25) is 9.59 Å². The lowest BCUT2D eigenvalue weighted by atomic mass is 9.75. The van der Waals surface area contributed by atoms with E-state index in [4.69, 9.17) is 0 Å². The zero-order valence-corrected chi connectivity index (χ0v) is 21.0. The Morgan fingerprint density at radius 3 is 2.23 bits per heavy atom. The van der Waals surface area contributed by atoms with Crippen LogP contribution in [0.1, 0.15) is 61.7 Å². The highest BCUT2D eigenvalue weighted by Crippen LogP contribution is 2.55. The van der Waals surface area contributed by atoms with Crippen molar-refractivity contribution >= 4 is 45.4 Å². The van der Waals surface area contributed by atoms with Gasteiger partial charge in [-0.15, -0.1) is 11.3 Å². The minimum Gasteiger partial charge on any atom is -0.301 e. The van der Waals surface area contributed by atoms with E-state index in [1.807, 2.05) is 37.3 Å². The average Bonchev–Trinajstić information content (AvgIpc) is 3.36. The minimum atomic E-state index is -0.223. The Morgan fingerprint density at radius 1 is 0.771 bits per heavy atom. The molecule has 0 fully saturated rings. The van der Waals surface area contributed by atoms with E-state index in [1.54, 1.807) is 23.5 Å². The smallest absolute Gasteiger partial charge is 0.197 e. The molecule has 2 heterocycles.